The van der Waals surface area contributed by atoms with Crippen molar-refractivity contribution < 1.29 is 9.32 Å². The first kappa shape index (κ1) is 18.2. The Balaban J connectivity index is 2.44. The zero-order valence-electron chi connectivity index (χ0n) is 14.0. The van der Waals surface area contributed by atoms with Crippen molar-refractivity contribution in [3.63, 3.8) is 0 Å². The van der Waals surface area contributed by atoms with E-state index in [1.165, 1.54) is 0 Å². The van der Waals surface area contributed by atoms with E-state index in [1.807, 2.05) is 75.6 Å². The summed E-state index contributed by atoms with van der Waals surface area (Å²) in [5.41, 5.74) is 2.11. The molecule has 0 aliphatic rings. The van der Waals surface area contributed by atoms with Crippen LogP contribution >= 0.6 is 11.8 Å². The topological polar surface area (TPSA) is 37.3 Å². The molecule has 0 saturated carbocycles. The van der Waals surface area contributed by atoms with Crippen LogP contribution in [0.25, 0.3) is 0 Å². The minimum absolute atomic E-state index is 0.0828. The third-order valence-electron chi connectivity index (χ3n) is 3.91. The minimum Gasteiger partial charge on any atom is -0.391 e. The molecule has 0 heterocycles. The van der Waals surface area contributed by atoms with Crippen LogP contribution in [0.3, 0.4) is 0 Å². The Morgan fingerprint density at radius 1 is 1.04 bits per heavy atom. The number of hydrogen-bond acceptors (Lipinski definition) is 3. The first-order valence-electron chi connectivity index (χ1n) is 7.74. The molecule has 2 rings (SSSR count). The molecule has 124 valence electrons. The van der Waals surface area contributed by atoms with Crippen molar-refractivity contribution in [3.8, 4) is 0 Å². The smallest absolute Gasteiger partial charge is 0.0852 e. The van der Waals surface area contributed by atoms with Gasteiger partial charge in [-0.2, -0.15) is 11.8 Å². The number of rotatable bonds is 6. The fourth-order valence-electron chi connectivity index (χ4n) is 2.47. The Bertz CT molecular complexity index is 665. The van der Waals surface area contributed by atoms with E-state index in [0.29, 0.717) is 0 Å². The van der Waals surface area contributed by atoms with Crippen molar-refractivity contribution in [2.24, 2.45) is 5.92 Å². The predicted octanol–water partition coefficient (Wildman–Crippen LogP) is 4.58. The average Bonchev–Trinajstić information content (AvgIpc) is 2.56. The number of aryl methyl sites for hydroxylation is 1. The van der Waals surface area contributed by atoms with Crippen molar-refractivity contribution in [3.05, 3.63) is 59.7 Å². The van der Waals surface area contributed by atoms with E-state index in [-0.39, 0.29) is 11.2 Å². The highest BCUT2D eigenvalue weighted by molar-refractivity contribution is 7.98. The fourth-order valence-corrected chi connectivity index (χ4v) is 4.85. The highest BCUT2D eigenvalue weighted by atomic mass is 32.2. The van der Waals surface area contributed by atoms with E-state index in [9.17, 15) is 9.32 Å². The van der Waals surface area contributed by atoms with Crippen LogP contribution in [0.1, 0.15) is 30.2 Å². The third-order valence-corrected chi connectivity index (χ3v) is 6.42. The molecule has 0 aliphatic heterocycles. The summed E-state index contributed by atoms with van der Waals surface area (Å²) < 4.78 is 13.0. The molecule has 0 fully saturated rings. The Kier molecular flexibility index (Phi) is 6.45. The maximum atomic E-state index is 13.0. The van der Waals surface area contributed by atoms with Gasteiger partial charge in [-0.05, 0) is 42.9 Å². The Labute approximate surface area is 145 Å². The zero-order chi connectivity index (χ0) is 17.0. The maximum absolute atomic E-state index is 13.0. The van der Waals surface area contributed by atoms with Gasteiger partial charge in [0.05, 0.1) is 22.2 Å². The number of aliphatic hydroxyl groups is 1. The van der Waals surface area contributed by atoms with Gasteiger partial charge in [0.15, 0.2) is 0 Å². The molecule has 2 aromatic rings. The van der Waals surface area contributed by atoms with Crippen LogP contribution in [-0.4, -0.2) is 21.7 Å². The second-order valence-corrected chi connectivity index (χ2v) is 8.44. The lowest BCUT2D eigenvalue weighted by molar-refractivity contribution is 0.122. The molecule has 1 N–H and O–H groups in total. The van der Waals surface area contributed by atoms with Gasteiger partial charge in [-0.15, -0.1) is 0 Å². The summed E-state index contributed by atoms with van der Waals surface area (Å²) >= 11 is 1.60. The number of hydrogen-bond donors (Lipinski definition) is 1. The summed E-state index contributed by atoms with van der Waals surface area (Å²) in [5, 5.41) is 10.5. The maximum Gasteiger partial charge on any atom is 0.0852 e. The van der Waals surface area contributed by atoms with Gasteiger partial charge in [0.25, 0.3) is 0 Å². The summed E-state index contributed by atoms with van der Waals surface area (Å²) in [4.78, 5) is 1.58. The second kappa shape index (κ2) is 8.13. The van der Waals surface area contributed by atoms with Crippen LogP contribution in [0.4, 0.5) is 0 Å². The zero-order valence-corrected chi connectivity index (χ0v) is 15.7. The number of thioether (sulfide) groups is 1. The Morgan fingerprint density at radius 3 is 2.22 bits per heavy atom. The lowest BCUT2D eigenvalue weighted by atomic mass is 9.98. The van der Waals surface area contributed by atoms with Crippen LogP contribution in [0.5, 0.6) is 0 Å². The van der Waals surface area contributed by atoms with Crippen molar-refractivity contribution in [2.75, 3.05) is 6.26 Å². The molecule has 0 bridgehead atoms. The summed E-state index contributed by atoms with van der Waals surface area (Å²) in [6, 6.07) is 15.5. The lowest BCUT2D eigenvalue weighted by Gasteiger charge is -2.26. The fraction of sp³-hybridized carbons (Fsp3) is 0.368. The van der Waals surface area contributed by atoms with Gasteiger partial charge in [0.1, 0.15) is 0 Å². The van der Waals surface area contributed by atoms with Crippen LogP contribution in [0, 0.1) is 12.8 Å². The van der Waals surface area contributed by atoms with Gasteiger partial charge < -0.3 is 5.11 Å². The monoisotopic (exact) mass is 348 g/mol. The summed E-state index contributed by atoms with van der Waals surface area (Å²) in [5.74, 6) is 0.147. The first-order valence-corrected chi connectivity index (χ1v) is 10.2. The Hall–Kier alpha value is -1.10. The molecule has 0 spiro atoms. The van der Waals surface area contributed by atoms with Crippen LogP contribution in [0.15, 0.2) is 58.3 Å². The summed E-state index contributed by atoms with van der Waals surface area (Å²) in [6.07, 6.45) is 1.52. The molecule has 0 aromatic heterocycles. The molecule has 3 atom stereocenters. The molecule has 4 heteroatoms. The van der Waals surface area contributed by atoms with Gasteiger partial charge in [-0.25, -0.2) is 4.21 Å². The van der Waals surface area contributed by atoms with E-state index in [0.717, 1.165) is 20.9 Å². The lowest BCUT2D eigenvalue weighted by Crippen LogP contribution is -2.23. The van der Waals surface area contributed by atoms with Crippen LogP contribution < -0.4 is 0 Å². The SMILES string of the molecule is CS[C@@H](c1ccccc1[S@@](=O)c1ccc(C)cc1)C(O)C(C)C. The van der Waals surface area contributed by atoms with Crippen molar-refractivity contribution in [1.29, 1.82) is 0 Å². The van der Waals surface area contributed by atoms with Crippen molar-refractivity contribution >= 4 is 22.6 Å². The molecule has 0 amide bonds. The van der Waals surface area contributed by atoms with E-state index in [1.54, 1.807) is 11.8 Å². The summed E-state index contributed by atoms with van der Waals surface area (Å²) in [7, 11) is -1.24. The summed E-state index contributed by atoms with van der Waals surface area (Å²) in [6.45, 7) is 6.03. The van der Waals surface area contributed by atoms with Gasteiger partial charge in [0, 0.05) is 9.79 Å². The highest BCUT2D eigenvalue weighted by Gasteiger charge is 2.26. The molecule has 2 aromatic carbocycles. The van der Waals surface area contributed by atoms with E-state index in [4.69, 9.17) is 0 Å². The van der Waals surface area contributed by atoms with Gasteiger partial charge in [0.2, 0.25) is 0 Å². The average molecular weight is 349 g/mol. The third kappa shape index (κ3) is 4.25. The van der Waals surface area contributed by atoms with E-state index in [2.05, 4.69) is 0 Å². The molecule has 0 radical (unpaired) electrons. The molecule has 0 aliphatic carbocycles. The predicted molar refractivity (Wildman–Crippen MR) is 99.4 cm³/mol. The molecule has 23 heavy (non-hydrogen) atoms. The van der Waals surface area contributed by atoms with Crippen molar-refractivity contribution in [2.45, 2.75) is 41.9 Å². The molecule has 0 saturated heterocycles. The van der Waals surface area contributed by atoms with Crippen molar-refractivity contribution in [1.82, 2.24) is 0 Å². The highest BCUT2D eigenvalue weighted by Crippen LogP contribution is 2.37. The number of benzene rings is 2. The van der Waals surface area contributed by atoms with E-state index >= 15 is 0 Å². The minimum atomic E-state index is -1.24. The normalized spacial score (nSPS) is 15.4. The van der Waals surface area contributed by atoms with E-state index < -0.39 is 16.9 Å². The quantitative estimate of drug-likeness (QED) is 0.830. The molecule has 2 nitrogen and oxygen atoms in total. The number of aliphatic hydroxyl groups excluding tert-OH is 1. The van der Waals surface area contributed by atoms with Crippen LogP contribution in [0.2, 0.25) is 0 Å². The van der Waals surface area contributed by atoms with Crippen LogP contribution in [-0.2, 0) is 10.8 Å². The second-order valence-electron chi connectivity index (χ2n) is 6.01. The van der Waals surface area contributed by atoms with Gasteiger partial charge in [-0.3, -0.25) is 0 Å². The largest absolute Gasteiger partial charge is 0.391 e. The first-order chi connectivity index (χ1) is 11.0. The standard InChI is InChI=1S/C19H24O2S2/c1-13(2)18(20)19(22-4)16-7-5-6-8-17(16)23(21)15-11-9-14(3)10-12-15/h5-13,18-20H,1-4H3/t18?,19-,23-/m0/s1. The van der Waals surface area contributed by atoms with Gasteiger partial charge >= 0.3 is 0 Å². The molecule has 1 unspecified atom stereocenters. The molecular weight excluding hydrogens is 324 g/mol. The Morgan fingerprint density at radius 2 is 1.65 bits per heavy atom. The van der Waals surface area contributed by atoms with Gasteiger partial charge in [-0.1, -0.05) is 49.7 Å². The molecular formula is C19H24O2S2.